The van der Waals surface area contributed by atoms with Crippen molar-refractivity contribution in [1.82, 2.24) is 15.0 Å². The molecule has 336 valence electrons. The summed E-state index contributed by atoms with van der Waals surface area (Å²) in [4.78, 5) is 14.2. The molecular formula is C63H56FN3O. The van der Waals surface area contributed by atoms with Crippen LogP contribution in [0.4, 0.5) is 4.39 Å². The molecule has 0 saturated carbocycles. The summed E-state index contributed by atoms with van der Waals surface area (Å²) < 4.78 is 132. The number of benzene rings is 6. The topological polar surface area (TPSA) is 51.8 Å². The predicted molar refractivity (Wildman–Crippen MR) is 278 cm³/mol. The number of furan rings is 1. The SMILES string of the molecule is [2H]c1cc2c(oc3c(-c4ccc(C(C)(C)C([2H])([2H])c5cc(C(C)(C)C([2H])([2H])c6ccc(-c7ccccc7)nc6)cc(C(C)(C)C([2H])([2H])c6ccc(-c7ccccc7)nc6)c5)cn4)cccc32)c(-c2c([2H])c([2H])c([2H])c([2H])c2[2H])c1F. The van der Waals surface area contributed by atoms with Crippen molar-refractivity contribution in [2.45, 2.75) is 76.9 Å². The fourth-order valence-electron chi connectivity index (χ4n) is 8.71. The molecule has 0 radical (unpaired) electrons. The van der Waals surface area contributed by atoms with Crippen LogP contribution in [0.5, 0.6) is 0 Å². The van der Waals surface area contributed by atoms with Gasteiger partial charge >= 0.3 is 0 Å². The van der Waals surface area contributed by atoms with Crippen LogP contribution in [0.1, 0.15) is 91.4 Å². The molecule has 0 bridgehead atoms. The molecule has 10 aromatic rings. The van der Waals surface area contributed by atoms with Gasteiger partial charge in [-0.2, -0.15) is 0 Å². The smallest absolute Gasteiger partial charge is 0.146 e. The molecule has 10 rings (SSSR count). The van der Waals surface area contributed by atoms with Crippen molar-refractivity contribution in [2.24, 2.45) is 0 Å². The summed E-state index contributed by atoms with van der Waals surface area (Å²) in [5.41, 5.74) is 1.26. The van der Waals surface area contributed by atoms with Gasteiger partial charge in [-0.25, -0.2) is 4.39 Å². The van der Waals surface area contributed by atoms with Crippen LogP contribution in [0.15, 0.2) is 199 Å². The molecule has 0 aliphatic carbocycles. The molecule has 0 amide bonds. The highest BCUT2D eigenvalue weighted by Crippen LogP contribution is 2.42. The molecular weight excluding hydrogens is 834 g/mol. The van der Waals surface area contributed by atoms with E-state index >= 15 is 4.39 Å². The number of nitrogens with zero attached hydrogens (tertiary/aromatic N) is 3. The van der Waals surface area contributed by atoms with E-state index < -0.39 is 88.6 Å². The average molecular weight is 902 g/mol. The Bertz CT molecular complexity index is 3860. The zero-order valence-corrected chi connectivity index (χ0v) is 38.6. The first-order valence-corrected chi connectivity index (χ1v) is 22.5. The van der Waals surface area contributed by atoms with Gasteiger partial charge in [0.1, 0.15) is 17.0 Å². The van der Waals surface area contributed by atoms with E-state index in [1.165, 1.54) is 18.5 Å². The Morgan fingerprint density at radius 1 is 0.471 bits per heavy atom. The van der Waals surface area contributed by atoms with Gasteiger partial charge in [0.25, 0.3) is 0 Å². The second-order valence-electron chi connectivity index (χ2n) is 18.6. The highest BCUT2D eigenvalue weighted by Gasteiger charge is 2.30. The molecule has 6 aromatic carbocycles. The molecule has 0 aliphatic rings. The van der Waals surface area contributed by atoms with Crippen LogP contribution in [0.25, 0.3) is 66.8 Å². The van der Waals surface area contributed by atoms with Crippen LogP contribution in [0.3, 0.4) is 0 Å². The van der Waals surface area contributed by atoms with Crippen molar-refractivity contribution in [1.29, 1.82) is 0 Å². The zero-order valence-electron chi connectivity index (χ0n) is 50.6. The number of rotatable bonds is 13. The minimum absolute atomic E-state index is 0.116. The second kappa shape index (κ2) is 18.0. The minimum Gasteiger partial charge on any atom is -0.455 e. The summed E-state index contributed by atoms with van der Waals surface area (Å²) in [5, 5.41) is 0.740. The van der Waals surface area contributed by atoms with Crippen molar-refractivity contribution in [3.63, 3.8) is 0 Å². The van der Waals surface area contributed by atoms with Crippen molar-refractivity contribution >= 4 is 21.9 Å². The molecule has 4 heterocycles. The number of pyridine rings is 3. The van der Waals surface area contributed by atoms with Gasteiger partial charge in [0, 0.05) is 54.3 Å². The summed E-state index contributed by atoms with van der Waals surface area (Å²) in [6.45, 7) is 10.6. The molecule has 4 aromatic heterocycles. The summed E-state index contributed by atoms with van der Waals surface area (Å²) in [7, 11) is 0. The van der Waals surface area contributed by atoms with Crippen molar-refractivity contribution in [3.8, 4) is 44.9 Å². The highest BCUT2D eigenvalue weighted by molar-refractivity contribution is 6.12. The Balaban J connectivity index is 1.06. The Kier molecular flexibility index (Phi) is 8.51. The Labute approximate surface area is 416 Å². The third-order valence-corrected chi connectivity index (χ3v) is 12.5. The fourth-order valence-corrected chi connectivity index (χ4v) is 8.71. The molecule has 0 saturated heterocycles. The maximum atomic E-state index is 16.1. The minimum atomic E-state index is -2.24. The number of halogens is 1. The normalized spacial score (nSPS) is 15.4. The molecule has 0 atom stereocenters. The van der Waals surface area contributed by atoms with Crippen molar-refractivity contribution in [3.05, 3.63) is 234 Å². The first-order valence-electron chi connectivity index (χ1n) is 28.5. The standard InChI is InChI=1S/C63H56FN3O/c1-61(2,48-27-32-57(67-41-48)53-24-16-23-51-52-28-29-54(64)58(60(52)68-59(51)53)47-21-14-9-15-22-47)38-44-33-49(62(3,4)36-42-25-30-55(65-39-42)45-17-10-7-11-18-45)35-50(34-44)63(5,6)37-43-26-31-56(66-40-43)46-19-12-8-13-20-46/h7-35,39-41H,36-38H2,1-6H3/i9D,14D,15D,21D,22D,29D,36D2,37D2,38D2. The van der Waals surface area contributed by atoms with E-state index in [9.17, 15) is 8.22 Å². The third kappa shape index (κ3) is 9.01. The third-order valence-electron chi connectivity index (χ3n) is 12.5. The number of fused-ring (bicyclic) bond motifs is 3. The molecule has 0 fully saturated rings. The lowest BCUT2D eigenvalue weighted by Gasteiger charge is -2.33. The van der Waals surface area contributed by atoms with Crippen molar-refractivity contribution in [2.75, 3.05) is 0 Å². The van der Waals surface area contributed by atoms with E-state index in [2.05, 4.69) is 9.97 Å². The molecule has 68 heavy (non-hydrogen) atoms. The Hall–Kier alpha value is -7.50. The zero-order chi connectivity index (χ0) is 57.6. The fraction of sp³-hybridized carbons (Fsp3) is 0.190. The van der Waals surface area contributed by atoms with Gasteiger partial charge in [0.15, 0.2) is 0 Å². The first-order chi connectivity index (χ1) is 37.6. The summed E-state index contributed by atoms with van der Waals surface area (Å²) in [6, 6.07) is 37.4. The first kappa shape index (κ1) is 32.2. The van der Waals surface area contributed by atoms with Gasteiger partial charge in [0.05, 0.1) is 30.9 Å². The van der Waals surface area contributed by atoms with E-state index in [1.54, 1.807) is 121 Å². The monoisotopic (exact) mass is 902 g/mol. The van der Waals surface area contributed by atoms with E-state index in [4.69, 9.17) is 17.6 Å². The maximum absolute atomic E-state index is 16.1. The number of hydrogen-bond acceptors (Lipinski definition) is 4. The maximum Gasteiger partial charge on any atom is 0.146 e. The molecule has 0 N–H and O–H groups in total. The summed E-state index contributed by atoms with van der Waals surface area (Å²) in [6.07, 6.45) is -1.79. The van der Waals surface area contributed by atoms with Crippen LogP contribution in [-0.4, -0.2) is 15.0 Å². The lowest BCUT2D eigenvalue weighted by atomic mass is 9.72. The molecule has 0 spiro atoms. The molecule has 0 aliphatic heterocycles. The largest absolute Gasteiger partial charge is 0.455 e. The van der Waals surface area contributed by atoms with Gasteiger partial charge in [-0.15, -0.1) is 0 Å². The number of aromatic nitrogens is 3. The predicted octanol–water partition coefficient (Wildman–Crippen LogP) is 16.1. The lowest BCUT2D eigenvalue weighted by molar-refractivity contribution is 0.493. The average Bonchev–Trinajstić information content (AvgIpc) is 3.83. The second-order valence-corrected chi connectivity index (χ2v) is 18.6. The quantitative estimate of drug-likeness (QED) is 0.116. The number of hydrogen-bond donors (Lipinski definition) is 0. The van der Waals surface area contributed by atoms with E-state index in [0.29, 0.717) is 55.8 Å². The molecule has 4 nitrogen and oxygen atoms in total. The van der Waals surface area contributed by atoms with Crippen molar-refractivity contribution < 1.29 is 25.3 Å². The van der Waals surface area contributed by atoms with E-state index in [0.717, 1.165) is 11.1 Å². The van der Waals surface area contributed by atoms with E-state index in [1.807, 2.05) is 60.7 Å². The van der Waals surface area contributed by atoms with Gasteiger partial charge in [0.2, 0.25) is 0 Å². The van der Waals surface area contributed by atoms with Crippen LogP contribution in [0, 0.1) is 5.82 Å². The van der Waals surface area contributed by atoms with Gasteiger partial charge in [-0.05, 0) is 111 Å². The van der Waals surface area contributed by atoms with Crippen LogP contribution < -0.4 is 0 Å². The molecule has 0 unspecified atom stereocenters. The Morgan fingerprint density at radius 2 is 1.00 bits per heavy atom. The molecule has 5 heteroatoms. The number of para-hydroxylation sites is 1. The Morgan fingerprint density at radius 3 is 1.54 bits per heavy atom. The summed E-state index contributed by atoms with van der Waals surface area (Å²) >= 11 is 0. The van der Waals surface area contributed by atoms with Gasteiger partial charge < -0.3 is 4.42 Å². The highest BCUT2D eigenvalue weighted by atomic mass is 19.1. The van der Waals surface area contributed by atoms with Gasteiger partial charge in [-0.1, -0.05) is 181 Å². The van der Waals surface area contributed by atoms with Crippen LogP contribution in [0.2, 0.25) is 0 Å². The summed E-state index contributed by atoms with van der Waals surface area (Å²) in [5.74, 6) is -1.12. The van der Waals surface area contributed by atoms with Crippen LogP contribution >= 0.6 is 0 Å². The van der Waals surface area contributed by atoms with E-state index in [-0.39, 0.29) is 22.1 Å². The van der Waals surface area contributed by atoms with Gasteiger partial charge in [-0.3, -0.25) is 15.0 Å². The van der Waals surface area contributed by atoms with Crippen LogP contribution in [-0.2, 0) is 35.4 Å². The lowest BCUT2D eigenvalue weighted by Crippen LogP contribution is -2.26.